The molecule has 2 aromatic rings. The molecule has 1 aromatic heterocycles. The maximum atomic E-state index is 10.9. The molecule has 0 aliphatic carbocycles. The summed E-state index contributed by atoms with van der Waals surface area (Å²) in [6, 6.07) is 5.25. The largest absolute Gasteiger partial charge is 0.493 e. The van der Waals surface area contributed by atoms with E-state index >= 15 is 0 Å². The highest BCUT2D eigenvalue weighted by Gasteiger charge is 2.03. The molecule has 0 bridgehead atoms. The normalized spacial score (nSPS) is 10.2. The van der Waals surface area contributed by atoms with E-state index in [4.69, 9.17) is 9.15 Å². The third kappa shape index (κ3) is 1.26. The van der Waals surface area contributed by atoms with E-state index in [1.54, 1.807) is 18.2 Å². The summed E-state index contributed by atoms with van der Waals surface area (Å²) in [5.41, 5.74) is 0.522. The van der Waals surface area contributed by atoms with Crippen LogP contribution < -0.4 is 10.4 Å². The maximum Gasteiger partial charge on any atom is 0.355 e. The van der Waals surface area contributed by atoms with E-state index in [-0.39, 0.29) is 0 Å². The van der Waals surface area contributed by atoms with E-state index in [1.165, 1.54) is 7.11 Å². The van der Waals surface area contributed by atoms with Gasteiger partial charge in [0.1, 0.15) is 11.7 Å². The lowest BCUT2D eigenvalue weighted by molar-refractivity contribution is 0.406. The number of ether oxygens (including phenoxy) is 1. The van der Waals surface area contributed by atoms with E-state index < -0.39 is 5.63 Å². The molecule has 2 rings (SSSR count). The SMILES string of the molecule is COc1cccc2ncc(=O)oc12. The van der Waals surface area contributed by atoms with E-state index in [0.29, 0.717) is 16.8 Å². The zero-order chi connectivity index (χ0) is 9.26. The predicted molar refractivity (Wildman–Crippen MR) is 46.8 cm³/mol. The Bertz CT molecular complexity index is 489. The highest BCUT2D eigenvalue weighted by molar-refractivity contribution is 5.78. The fraction of sp³-hybridized carbons (Fsp3) is 0.111. The van der Waals surface area contributed by atoms with Crippen molar-refractivity contribution in [3.63, 3.8) is 0 Å². The second kappa shape index (κ2) is 2.90. The summed E-state index contributed by atoms with van der Waals surface area (Å²) in [6.07, 6.45) is 1.14. The van der Waals surface area contributed by atoms with Crippen molar-refractivity contribution in [2.75, 3.05) is 7.11 Å². The standard InChI is InChI=1S/C9H7NO3/c1-12-7-4-2-3-6-9(7)13-8(11)5-10-6/h2-5H,1H3. The molecule has 1 heterocycles. The van der Waals surface area contributed by atoms with Crippen molar-refractivity contribution in [3.8, 4) is 5.75 Å². The Balaban J connectivity index is 2.87. The van der Waals surface area contributed by atoms with Crippen LogP contribution in [-0.4, -0.2) is 12.1 Å². The van der Waals surface area contributed by atoms with Gasteiger partial charge in [0.05, 0.1) is 7.11 Å². The number of nitrogens with zero attached hydrogens (tertiary/aromatic N) is 1. The number of fused-ring (bicyclic) bond motifs is 1. The number of hydrogen-bond donors (Lipinski definition) is 0. The first-order chi connectivity index (χ1) is 6.31. The highest BCUT2D eigenvalue weighted by atomic mass is 16.5. The molecule has 0 N–H and O–H groups in total. The maximum absolute atomic E-state index is 10.9. The quantitative estimate of drug-likeness (QED) is 0.656. The molecule has 0 aliphatic heterocycles. The van der Waals surface area contributed by atoms with Crippen molar-refractivity contribution >= 4 is 11.1 Å². The average Bonchev–Trinajstić information content (AvgIpc) is 2.17. The van der Waals surface area contributed by atoms with Crippen molar-refractivity contribution in [1.29, 1.82) is 0 Å². The Labute approximate surface area is 73.8 Å². The molecule has 1 aromatic carbocycles. The van der Waals surface area contributed by atoms with Crippen LogP contribution in [0.5, 0.6) is 5.75 Å². The zero-order valence-corrected chi connectivity index (χ0v) is 6.98. The minimum Gasteiger partial charge on any atom is -0.493 e. The van der Waals surface area contributed by atoms with Gasteiger partial charge in [0, 0.05) is 0 Å². The Morgan fingerprint density at radius 2 is 2.31 bits per heavy atom. The third-order valence-corrected chi connectivity index (χ3v) is 1.69. The van der Waals surface area contributed by atoms with E-state index in [9.17, 15) is 4.79 Å². The minimum atomic E-state index is -0.475. The van der Waals surface area contributed by atoms with Crippen LogP contribution in [0.2, 0.25) is 0 Å². The monoisotopic (exact) mass is 177 g/mol. The lowest BCUT2D eigenvalue weighted by Gasteiger charge is -2.00. The molecule has 4 heteroatoms. The van der Waals surface area contributed by atoms with Gasteiger partial charge in [-0.2, -0.15) is 0 Å². The van der Waals surface area contributed by atoms with Gasteiger partial charge in [0.15, 0.2) is 11.3 Å². The predicted octanol–water partition coefficient (Wildman–Crippen LogP) is 1.20. The summed E-state index contributed by atoms with van der Waals surface area (Å²) in [5.74, 6) is 0.516. The first-order valence-electron chi connectivity index (χ1n) is 3.74. The van der Waals surface area contributed by atoms with Gasteiger partial charge in [-0.1, -0.05) is 6.07 Å². The molecule has 0 aliphatic rings. The molecular formula is C9H7NO3. The van der Waals surface area contributed by atoms with Crippen molar-refractivity contribution in [1.82, 2.24) is 4.98 Å². The van der Waals surface area contributed by atoms with Gasteiger partial charge in [0.25, 0.3) is 0 Å². The summed E-state index contributed by atoms with van der Waals surface area (Å²) >= 11 is 0. The second-order valence-corrected chi connectivity index (χ2v) is 2.49. The fourth-order valence-electron chi connectivity index (χ4n) is 1.12. The van der Waals surface area contributed by atoms with Crippen LogP contribution in [0.25, 0.3) is 11.1 Å². The smallest absolute Gasteiger partial charge is 0.355 e. The van der Waals surface area contributed by atoms with Crippen molar-refractivity contribution in [3.05, 3.63) is 34.8 Å². The third-order valence-electron chi connectivity index (χ3n) is 1.69. The lowest BCUT2D eigenvalue weighted by atomic mass is 10.3. The summed E-state index contributed by atoms with van der Waals surface area (Å²) < 4.78 is 9.95. The second-order valence-electron chi connectivity index (χ2n) is 2.49. The van der Waals surface area contributed by atoms with E-state index in [1.807, 2.05) is 0 Å². The number of benzene rings is 1. The number of aromatic nitrogens is 1. The Morgan fingerprint density at radius 3 is 3.08 bits per heavy atom. The van der Waals surface area contributed by atoms with Crippen LogP contribution in [0, 0.1) is 0 Å². The van der Waals surface area contributed by atoms with E-state index in [2.05, 4.69) is 4.98 Å². The summed E-state index contributed by atoms with van der Waals surface area (Å²) in [4.78, 5) is 14.8. The van der Waals surface area contributed by atoms with Crippen LogP contribution in [0.3, 0.4) is 0 Å². The van der Waals surface area contributed by atoms with E-state index in [0.717, 1.165) is 6.20 Å². The Hall–Kier alpha value is -1.84. The minimum absolute atomic E-state index is 0.387. The number of methoxy groups -OCH3 is 1. The molecule has 0 unspecified atom stereocenters. The first-order valence-corrected chi connectivity index (χ1v) is 3.74. The van der Waals surface area contributed by atoms with Crippen LogP contribution in [0.15, 0.2) is 33.6 Å². The summed E-state index contributed by atoms with van der Waals surface area (Å²) in [7, 11) is 1.52. The molecule has 0 saturated carbocycles. The van der Waals surface area contributed by atoms with Crippen LogP contribution in [0.1, 0.15) is 0 Å². The number of rotatable bonds is 1. The molecule has 0 atom stereocenters. The topological polar surface area (TPSA) is 52.3 Å². The molecule has 0 fully saturated rings. The summed E-state index contributed by atoms with van der Waals surface area (Å²) in [6.45, 7) is 0. The molecular weight excluding hydrogens is 170 g/mol. The van der Waals surface area contributed by atoms with Crippen LogP contribution >= 0.6 is 0 Å². The molecule has 13 heavy (non-hydrogen) atoms. The first kappa shape index (κ1) is 7.79. The molecule has 0 spiro atoms. The van der Waals surface area contributed by atoms with Gasteiger partial charge in [-0.15, -0.1) is 0 Å². The van der Waals surface area contributed by atoms with Gasteiger partial charge in [-0.25, -0.2) is 9.78 Å². The van der Waals surface area contributed by atoms with Gasteiger partial charge in [0.2, 0.25) is 0 Å². The summed E-state index contributed by atoms with van der Waals surface area (Å²) in [5, 5.41) is 0. The van der Waals surface area contributed by atoms with Crippen LogP contribution in [-0.2, 0) is 0 Å². The number of para-hydroxylation sites is 1. The fourth-order valence-corrected chi connectivity index (χ4v) is 1.12. The average molecular weight is 177 g/mol. The lowest BCUT2D eigenvalue weighted by Crippen LogP contribution is -1.98. The van der Waals surface area contributed by atoms with Gasteiger partial charge in [-0.3, -0.25) is 0 Å². The van der Waals surface area contributed by atoms with Gasteiger partial charge < -0.3 is 9.15 Å². The van der Waals surface area contributed by atoms with Crippen molar-refractivity contribution < 1.29 is 9.15 Å². The van der Waals surface area contributed by atoms with Gasteiger partial charge >= 0.3 is 5.63 Å². The Morgan fingerprint density at radius 1 is 1.46 bits per heavy atom. The molecule has 4 nitrogen and oxygen atoms in total. The zero-order valence-electron chi connectivity index (χ0n) is 6.98. The highest BCUT2D eigenvalue weighted by Crippen LogP contribution is 2.21. The van der Waals surface area contributed by atoms with Gasteiger partial charge in [-0.05, 0) is 12.1 Å². The Kier molecular flexibility index (Phi) is 1.73. The van der Waals surface area contributed by atoms with Crippen molar-refractivity contribution in [2.24, 2.45) is 0 Å². The van der Waals surface area contributed by atoms with Crippen molar-refractivity contribution in [2.45, 2.75) is 0 Å². The van der Waals surface area contributed by atoms with Crippen LogP contribution in [0.4, 0.5) is 0 Å². The molecule has 0 radical (unpaired) electrons. The molecule has 0 amide bonds. The molecule has 66 valence electrons. The molecule has 0 saturated heterocycles. The number of hydrogen-bond acceptors (Lipinski definition) is 4.